The van der Waals surface area contributed by atoms with E-state index in [1.54, 1.807) is 0 Å². The number of ketones is 1. The Morgan fingerprint density at radius 3 is 2.37 bits per heavy atom. The third kappa shape index (κ3) is 2.58. The van der Waals surface area contributed by atoms with Gasteiger partial charge >= 0.3 is 0 Å². The molecule has 1 amide bonds. The lowest BCUT2D eigenvalue weighted by Crippen LogP contribution is -2.33. The molecule has 6 heteroatoms. The van der Waals surface area contributed by atoms with Crippen molar-refractivity contribution in [3.63, 3.8) is 0 Å². The molecule has 1 saturated heterocycles. The normalized spacial score (nSPS) is 16.6. The van der Waals surface area contributed by atoms with E-state index in [1.807, 2.05) is 0 Å². The lowest BCUT2D eigenvalue weighted by Gasteiger charge is -2.31. The predicted molar refractivity (Wildman–Crippen MR) is 77.9 cm³/mol. The number of carbonyl (C=O) groups is 2. The van der Waals surface area contributed by atoms with Crippen LogP contribution in [0.15, 0.2) is 0 Å². The van der Waals surface area contributed by atoms with Crippen LogP contribution in [0.4, 0.5) is 10.7 Å². The molecule has 0 bridgehead atoms. The van der Waals surface area contributed by atoms with Crippen LogP contribution in [-0.2, 0) is 0 Å². The molecule has 4 N–H and O–H groups in total. The van der Waals surface area contributed by atoms with Gasteiger partial charge in [-0.25, -0.2) is 0 Å². The summed E-state index contributed by atoms with van der Waals surface area (Å²) in [5.74, 6) is 0.00867. The molecule has 104 valence electrons. The Bertz CT molecular complexity index is 516. The number of rotatable bonds is 3. The highest BCUT2D eigenvalue weighted by Gasteiger charge is 2.27. The summed E-state index contributed by atoms with van der Waals surface area (Å²) in [6.07, 6.45) is 2.15. The number of nitrogens with zero attached hydrogens (tertiary/aromatic N) is 1. The van der Waals surface area contributed by atoms with Crippen LogP contribution in [-0.4, -0.2) is 24.8 Å². The fourth-order valence-electron chi connectivity index (χ4n) is 2.37. The molecule has 0 saturated carbocycles. The fourth-order valence-corrected chi connectivity index (χ4v) is 3.54. The first-order chi connectivity index (χ1) is 8.91. The number of thiophene rings is 1. The first kappa shape index (κ1) is 13.9. The van der Waals surface area contributed by atoms with Gasteiger partial charge in [0.25, 0.3) is 5.91 Å². The molecular weight excluding hydrogens is 262 g/mol. The number of hydrogen-bond donors (Lipinski definition) is 2. The zero-order valence-electron chi connectivity index (χ0n) is 11.2. The zero-order chi connectivity index (χ0) is 14.2. The number of Topliss-reactive ketones (excluding diaryl/α,β-unsaturated/α-hetero) is 1. The van der Waals surface area contributed by atoms with Gasteiger partial charge in [-0.15, -0.1) is 11.3 Å². The van der Waals surface area contributed by atoms with E-state index in [0.717, 1.165) is 30.9 Å². The SMILES string of the molecule is CC(=O)c1sc(N2CCC(C)CC2)c(C(N)=O)c1N. The van der Waals surface area contributed by atoms with Crippen LogP contribution >= 0.6 is 11.3 Å². The van der Waals surface area contributed by atoms with Crippen molar-refractivity contribution in [2.24, 2.45) is 11.7 Å². The van der Waals surface area contributed by atoms with Crippen LogP contribution in [0.3, 0.4) is 0 Å². The minimum Gasteiger partial charge on any atom is -0.397 e. The molecule has 1 fully saturated rings. The monoisotopic (exact) mass is 281 g/mol. The molecular formula is C13H19N3O2S. The Morgan fingerprint density at radius 1 is 1.32 bits per heavy atom. The predicted octanol–water partition coefficient (Wildman–Crippen LogP) is 1.87. The molecule has 5 nitrogen and oxygen atoms in total. The second-order valence-electron chi connectivity index (χ2n) is 5.12. The Labute approximate surface area is 116 Å². The molecule has 0 radical (unpaired) electrons. The number of nitrogens with two attached hydrogens (primary N) is 2. The summed E-state index contributed by atoms with van der Waals surface area (Å²) in [6, 6.07) is 0. The molecule has 0 unspecified atom stereocenters. The maximum absolute atomic E-state index is 11.6. The summed E-state index contributed by atoms with van der Waals surface area (Å²) in [6.45, 7) is 5.42. The first-order valence-electron chi connectivity index (χ1n) is 6.39. The van der Waals surface area contributed by atoms with Crippen molar-refractivity contribution >= 4 is 33.7 Å². The minimum absolute atomic E-state index is 0.123. The van der Waals surface area contributed by atoms with Gasteiger partial charge in [-0.05, 0) is 18.8 Å². The molecule has 1 aromatic rings. The van der Waals surface area contributed by atoms with E-state index < -0.39 is 5.91 Å². The van der Waals surface area contributed by atoms with Crippen molar-refractivity contribution in [1.29, 1.82) is 0 Å². The highest BCUT2D eigenvalue weighted by atomic mass is 32.1. The highest BCUT2D eigenvalue weighted by molar-refractivity contribution is 7.19. The number of carbonyl (C=O) groups excluding carboxylic acids is 2. The lowest BCUT2D eigenvalue weighted by atomic mass is 9.99. The summed E-state index contributed by atoms with van der Waals surface area (Å²) in [5, 5.41) is 0.752. The fraction of sp³-hybridized carbons (Fsp3) is 0.538. The van der Waals surface area contributed by atoms with Crippen molar-refractivity contribution in [3.8, 4) is 0 Å². The van der Waals surface area contributed by atoms with E-state index in [0.29, 0.717) is 16.4 Å². The number of piperidine rings is 1. The maximum Gasteiger partial charge on any atom is 0.253 e. The summed E-state index contributed by atoms with van der Waals surface area (Å²) in [5.41, 5.74) is 11.9. The van der Waals surface area contributed by atoms with Crippen molar-refractivity contribution in [3.05, 3.63) is 10.4 Å². The maximum atomic E-state index is 11.6. The van der Waals surface area contributed by atoms with Crippen molar-refractivity contribution < 1.29 is 9.59 Å². The lowest BCUT2D eigenvalue weighted by molar-refractivity contribution is 0.100. The highest BCUT2D eigenvalue weighted by Crippen LogP contribution is 2.39. The third-order valence-electron chi connectivity index (χ3n) is 3.56. The smallest absolute Gasteiger partial charge is 0.253 e. The van der Waals surface area contributed by atoms with Gasteiger partial charge in [0.15, 0.2) is 5.78 Å². The van der Waals surface area contributed by atoms with Gasteiger partial charge < -0.3 is 16.4 Å². The van der Waals surface area contributed by atoms with Gasteiger partial charge in [0.1, 0.15) is 5.00 Å². The van der Waals surface area contributed by atoms with Crippen LogP contribution in [0.5, 0.6) is 0 Å². The van der Waals surface area contributed by atoms with E-state index in [9.17, 15) is 9.59 Å². The van der Waals surface area contributed by atoms with E-state index in [2.05, 4.69) is 11.8 Å². The van der Waals surface area contributed by atoms with E-state index >= 15 is 0 Å². The number of nitrogen functional groups attached to an aromatic ring is 1. The Kier molecular flexibility index (Phi) is 3.80. The molecule has 0 spiro atoms. The van der Waals surface area contributed by atoms with Gasteiger partial charge in [-0.1, -0.05) is 6.92 Å². The molecule has 1 aromatic heterocycles. The van der Waals surface area contributed by atoms with Gasteiger partial charge in [0, 0.05) is 20.0 Å². The van der Waals surface area contributed by atoms with E-state index in [-0.39, 0.29) is 11.5 Å². The Morgan fingerprint density at radius 2 is 1.89 bits per heavy atom. The van der Waals surface area contributed by atoms with E-state index in [4.69, 9.17) is 11.5 Å². The summed E-state index contributed by atoms with van der Waals surface area (Å²) in [4.78, 5) is 25.7. The quantitative estimate of drug-likeness (QED) is 0.828. The van der Waals surface area contributed by atoms with Crippen LogP contribution in [0.1, 0.15) is 46.7 Å². The Balaban J connectivity index is 2.41. The zero-order valence-corrected chi connectivity index (χ0v) is 12.0. The summed E-state index contributed by atoms with van der Waals surface area (Å²) >= 11 is 1.28. The molecule has 0 aromatic carbocycles. The second-order valence-corrected chi connectivity index (χ2v) is 6.11. The second kappa shape index (κ2) is 5.21. The molecule has 0 aliphatic carbocycles. The average Bonchev–Trinajstić information content (AvgIpc) is 2.68. The summed E-state index contributed by atoms with van der Waals surface area (Å²) < 4.78 is 0. The molecule has 19 heavy (non-hydrogen) atoms. The largest absolute Gasteiger partial charge is 0.397 e. The molecule has 0 atom stereocenters. The van der Waals surface area contributed by atoms with Gasteiger partial charge in [0.05, 0.1) is 16.1 Å². The number of hydrogen-bond acceptors (Lipinski definition) is 5. The van der Waals surface area contributed by atoms with Crippen LogP contribution < -0.4 is 16.4 Å². The number of anilines is 2. The van der Waals surface area contributed by atoms with Crippen LogP contribution in [0.25, 0.3) is 0 Å². The van der Waals surface area contributed by atoms with Crippen LogP contribution in [0, 0.1) is 5.92 Å². The van der Waals surface area contributed by atoms with Gasteiger partial charge in [-0.3, -0.25) is 9.59 Å². The van der Waals surface area contributed by atoms with Crippen molar-refractivity contribution in [1.82, 2.24) is 0 Å². The van der Waals surface area contributed by atoms with Gasteiger partial charge in [-0.2, -0.15) is 0 Å². The number of primary amides is 1. The third-order valence-corrected chi connectivity index (χ3v) is 4.93. The first-order valence-corrected chi connectivity index (χ1v) is 7.21. The number of amides is 1. The minimum atomic E-state index is -0.560. The average molecular weight is 281 g/mol. The molecule has 1 aliphatic rings. The van der Waals surface area contributed by atoms with E-state index in [1.165, 1.54) is 18.3 Å². The van der Waals surface area contributed by atoms with Crippen molar-refractivity contribution in [2.75, 3.05) is 23.7 Å². The standard InChI is InChI=1S/C13H19N3O2S/c1-7-3-5-16(6-4-7)13-9(12(15)18)10(14)11(19-13)8(2)17/h7H,3-6,14H2,1-2H3,(H2,15,18). The summed E-state index contributed by atoms with van der Waals surface area (Å²) in [7, 11) is 0. The van der Waals surface area contributed by atoms with Gasteiger partial charge in [0.2, 0.25) is 0 Å². The molecule has 1 aliphatic heterocycles. The van der Waals surface area contributed by atoms with Crippen molar-refractivity contribution in [2.45, 2.75) is 26.7 Å². The Hall–Kier alpha value is -1.56. The molecule has 2 rings (SSSR count). The van der Waals surface area contributed by atoms with Crippen LogP contribution in [0.2, 0.25) is 0 Å². The molecule has 2 heterocycles. The topological polar surface area (TPSA) is 89.4 Å².